The van der Waals surface area contributed by atoms with Gasteiger partial charge in [0.05, 0.1) is 10.5 Å². The van der Waals surface area contributed by atoms with Gasteiger partial charge in [0.1, 0.15) is 29.9 Å². The van der Waals surface area contributed by atoms with Crippen LogP contribution in [-0.4, -0.2) is 37.7 Å². The highest BCUT2D eigenvalue weighted by Gasteiger charge is 2.24. The number of hydrogen-bond acceptors (Lipinski definition) is 6. The molecule has 10 heteroatoms. The van der Waals surface area contributed by atoms with Crippen molar-refractivity contribution in [1.29, 1.82) is 0 Å². The number of nitrogens with one attached hydrogen (secondary N) is 1. The second kappa shape index (κ2) is 14.4. The van der Waals surface area contributed by atoms with Crippen LogP contribution in [0.3, 0.4) is 0 Å². The van der Waals surface area contributed by atoms with Crippen molar-refractivity contribution in [3.05, 3.63) is 142 Å². The average Bonchev–Trinajstić information content (AvgIpc) is 3.04. The van der Waals surface area contributed by atoms with Crippen molar-refractivity contribution in [3.8, 4) is 28.4 Å². The van der Waals surface area contributed by atoms with E-state index >= 15 is 0 Å². The first-order valence-electron chi connectivity index (χ1n) is 14.2. The van der Waals surface area contributed by atoms with Crippen molar-refractivity contribution >= 4 is 37.6 Å². The molecule has 0 heterocycles. The minimum atomic E-state index is -3.33. The number of carboxylic acid groups (broad SMARTS) is 1. The zero-order valence-corrected chi connectivity index (χ0v) is 27.1. The molecule has 8 nitrogen and oxygen atoms in total. The predicted octanol–water partition coefficient (Wildman–Crippen LogP) is 7.32. The first kappa shape index (κ1) is 32.5. The van der Waals surface area contributed by atoms with Gasteiger partial charge < -0.3 is 19.9 Å². The minimum Gasteiger partial charge on any atom is -0.488 e. The summed E-state index contributed by atoms with van der Waals surface area (Å²) in [4.78, 5) is 25.8. The Hall–Kier alpha value is -4.93. The molecule has 0 aliphatic heterocycles. The van der Waals surface area contributed by atoms with Gasteiger partial charge in [0, 0.05) is 22.7 Å². The number of carbonyl (C=O) groups is 2. The molecule has 46 heavy (non-hydrogen) atoms. The van der Waals surface area contributed by atoms with E-state index in [1.54, 1.807) is 30.3 Å². The van der Waals surface area contributed by atoms with Gasteiger partial charge in [-0.3, -0.25) is 4.79 Å². The van der Waals surface area contributed by atoms with Crippen LogP contribution >= 0.6 is 15.9 Å². The van der Waals surface area contributed by atoms with Crippen molar-refractivity contribution in [2.45, 2.75) is 24.0 Å². The summed E-state index contributed by atoms with van der Waals surface area (Å²) in [5.74, 6) is -0.135. The Kier molecular flexibility index (Phi) is 10.2. The van der Waals surface area contributed by atoms with E-state index in [0.717, 1.165) is 22.9 Å². The van der Waals surface area contributed by atoms with E-state index in [-0.39, 0.29) is 29.2 Å². The molecule has 0 saturated heterocycles. The van der Waals surface area contributed by atoms with Gasteiger partial charge in [-0.2, -0.15) is 0 Å². The summed E-state index contributed by atoms with van der Waals surface area (Å²) in [6, 6.07) is 34.5. The molecule has 5 rings (SSSR count). The molecule has 1 unspecified atom stereocenters. The zero-order chi connectivity index (χ0) is 32.7. The third-order valence-electron chi connectivity index (χ3n) is 7.10. The molecule has 0 aliphatic rings. The summed E-state index contributed by atoms with van der Waals surface area (Å²) in [7, 11) is -3.33. The molecule has 5 aromatic carbocycles. The number of carbonyl (C=O) groups excluding carboxylic acids is 1. The van der Waals surface area contributed by atoms with Crippen LogP contribution < -0.4 is 14.8 Å². The summed E-state index contributed by atoms with van der Waals surface area (Å²) in [6.07, 6.45) is 1.19. The molecule has 0 fully saturated rings. The van der Waals surface area contributed by atoms with E-state index in [1.807, 2.05) is 78.9 Å². The average molecular weight is 701 g/mol. The predicted molar refractivity (Wildman–Crippen MR) is 179 cm³/mol. The lowest BCUT2D eigenvalue weighted by Gasteiger charge is -2.17. The molecule has 1 atom stereocenters. The number of rotatable bonds is 12. The smallest absolute Gasteiger partial charge is 0.326 e. The SMILES string of the molecule is CS(=O)(=O)c1ccc(COc2ccc(Br)cc2C(=O)NC(Cc2ccc(-c3ccccc3Oc3ccccc3)cc2)C(=O)O)cc1. The van der Waals surface area contributed by atoms with Crippen LogP contribution in [0.1, 0.15) is 21.5 Å². The van der Waals surface area contributed by atoms with Crippen LogP contribution in [0.15, 0.2) is 131 Å². The number of aliphatic carboxylic acids is 1. The number of sulfone groups is 1. The van der Waals surface area contributed by atoms with Gasteiger partial charge in [0.25, 0.3) is 5.91 Å². The zero-order valence-electron chi connectivity index (χ0n) is 24.7. The standard InChI is InChI=1S/C36H30BrNO7S/c1-46(42,43)29-18-13-25(14-19-29)23-44-33-20-17-27(37)22-31(33)35(39)38-32(36(40)41)21-24-11-15-26(16-12-24)30-9-5-6-10-34(30)45-28-7-3-2-4-8-28/h2-20,22,32H,21,23H2,1H3,(H,38,39)(H,40,41). The topological polar surface area (TPSA) is 119 Å². The largest absolute Gasteiger partial charge is 0.488 e. The lowest BCUT2D eigenvalue weighted by atomic mass is 9.99. The van der Waals surface area contributed by atoms with Gasteiger partial charge >= 0.3 is 5.97 Å². The molecule has 1 amide bonds. The molecule has 0 aromatic heterocycles. The van der Waals surface area contributed by atoms with Gasteiger partial charge in [0.15, 0.2) is 9.84 Å². The molecular formula is C36H30BrNO7S. The van der Waals surface area contributed by atoms with E-state index in [1.165, 1.54) is 12.1 Å². The second-order valence-electron chi connectivity index (χ2n) is 10.5. The number of para-hydroxylation sites is 2. The first-order chi connectivity index (χ1) is 22.1. The normalized spacial score (nSPS) is 11.8. The highest BCUT2D eigenvalue weighted by atomic mass is 79.9. The number of amides is 1. The molecule has 0 saturated carbocycles. The van der Waals surface area contributed by atoms with E-state index in [2.05, 4.69) is 21.2 Å². The second-order valence-corrected chi connectivity index (χ2v) is 13.5. The Morgan fingerprint density at radius 1 is 0.804 bits per heavy atom. The van der Waals surface area contributed by atoms with Gasteiger partial charge in [0.2, 0.25) is 0 Å². The number of hydrogen-bond donors (Lipinski definition) is 2. The Bertz CT molecular complexity index is 1950. The molecule has 0 bridgehead atoms. The van der Waals surface area contributed by atoms with E-state index in [9.17, 15) is 23.1 Å². The van der Waals surface area contributed by atoms with Crippen molar-refractivity contribution in [2.24, 2.45) is 0 Å². The molecule has 5 aromatic rings. The van der Waals surface area contributed by atoms with Crippen LogP contribution in [0.5, 0.6) is 17.2 Å². The summed E-state index contributed by atoms with van der Waals surface area (Å²) in [5, 5.41) is 12.6. The van der Waals surface area contributed by atoms with Crippen LogP contribution in [0, 0.1) is 0 Å². The highest BCUT2D eigenvalue weighted by molar-refractivity contribution is 9.10. The first-order valence-corrected chi connectivity index (χ1v) is 16.9. The van der Waals surface area contributed by atoms with Crippen molar-refractivity contribution in [1.82, 2.24) is 5.32 Å². The fourth-order valence-electron chi connectivity index (χ4n) is 4.70. The molecular weight excluding hydrogens is 670 g/mol. The summed E-state index contributed by atoms with van der Waals surface area (Å²) in [6.45, 7) is 0.0696. The highest BCUT2D eigenvalue weighted by Crippen LogP contribution is 2.33. The van der Waals surface area contributed by atoms with Crippen LogP contribution in [0.4, 0.5) is 0 Å². The Morgan fingerprint density at radius 2 is 1.46 bits per heavy atom. The fraction of sp³-hybridized carbons (Fsp3) is 0.111. The summed E-state index contributed by atoms with van der Waals surface area (Å²) < 4.78 is 36.1. The van der Waals surface area contributed by atoms with Crippen molar-refractivity contribution in [3.63, 3.8) is 0 Å². The number of ether oxygens (including phenoxy) is 2. The van der Waals surface area contributed by atoms with Crippen LogP contribution in [-0.2, 0) is 27.7 Å². The lowest BCUT2D eigenvalue weighted by Crippen LogP contribution is -2.42. The maximum absolute atomic E-state index is 13.4. The monoisotopic (exact) mass is 699 g/mol. The van der Waals surface area contributed by atoms with Gasteiger partial charge in [-0.25, -0.2) is 13.2 Å². The maximum atomic E-state index is 13.4. The molecule has 234 valence electrons. The quantitative estimate of drug-likeness (QED) is 0.140. The third-order valence-corrected chi connectivity index (χ3v) is 8.72. The Balaban J connectivity index is 1.28. The maximum Gasteiger partial charge on any atom is 0.326 e. The molecule has 0 aliphatic carbocycles. The molecule has 0 radical (unpaired) electrons. The van der Waals surface area contributed by atoms with Gasteiger partial charge in [-0.05, 0) is 65.2 Å². The van der Waals surface area contributed by atoms with E-state index in [4.69, 9.17) is 9.47 Å². The number of carboxylic acids is 1. The van der Waals surface area contributed by atoms with Gasteiger partial charge in [-0.15, -0.1) is 0 Å². The summed E-state index contributed by atoms with van der Waals surface area (Å²) in [5.41, 5.74) is 3.35. The Labute approximate surface area is 275 Å². The Morgan fingerprint density at radius 3 is 2.13 bits per heavy atom. The fourth-order valence-corrected chi connectivity index (χ4v) is 5.69. The van der Waals surface area contributed by atoms with Crippen LogP contribution in [0.25, 0.3) is 11.1 Å². The molecule has 0 spiro atoms. The third kappa shape index (κ3) is 8.41. The lowest BCUT2D eigenvalue weighted by molar-refractivity contribution is -0.139. The van der Waals surface area contributed by atoms with E-state index < -0.39 is 27.8 Å². The minimum absolute atomic E-state index is 0.0559. The van der Waals surface area contributed by atoms with Crippen LogP contribution in [0.2, 0.25) is 0 Å². The number of halogens is 1. The summed E-state index contributed by atoms with van der Waals surface area (Å²) >= 11 is 3.37. The number of benzene rings is 5. The van der Waals surface area contributed by atoms with E-state index in [0.29, 0.717) is 21.5 Å². The molecule has 2 N–H and O–H groups in total. The van der Waals surface area contributed by atoms with Crippen molar-refractivity contribution < 1.29 is 32.6 Å². The van der Waals surface area contributed by atoms with Gasteiger partial charge in [-0.1, -0.05) is 88.7 Å². The van der Waals surface area contributed by atoms with Crippen molar-refractivity contribution in [2.75, 3.05) is 6.26 Å².